The second-order valence-electron chi connectivity index (χ2n) is 11.5. The van der Waals surface area contributed by atoms with Crippen LogP contribution < -0.4 is 5.32 Å². The minimum atomic E-state index is -3.25. The smallest absolute Gasteiger partial charge is 0.226 e. The average Bonchev–Trinajstić information content (AvgIpc) is 3.59. The number of carbonyl (C=O) groups is 1. The van der Waals surface area contributed by atoms with Crippen molar-refractivity contribution in [3.05, 3.63) is 17.0 Å². The number of sulfonamides is 1. The lowest BCUT2D eigenvalue weighted by atomic mass is 10.0. The van der Waals surface area contributed by atoms with Gasteiger partial charge in [0.25, 0.3) is 0 Å². The number of nitrogens with zero attached hydrogens (tertiary/aromatic N) is 4. The Labute approximate surface area is 220 Å². The van der Waals surface area contributed by atoms with Crippen molar-refractivity contribution in [2.24, 2.45) is 5.92 Å². The molecule has 3 heterocycles. The molecule has 2 aromatic rings. The number of nitrogens with one attached hydrogen (secondary N) is 1. The van der Waals surface area contributed by atoms with E-state index in [1.54, 1.807) is 10.5 Å². The fraction of sp³-hybridized carbons (Fsp3) is 0.708. The molecule has 0 unspecified atom stereocenters. The van der Waals surface area contributed by atoms with Gasteiger partial charge in [0.15, 0.2) is 5.78 Å². The summed E-state index contributed by atoms with van der Waals surface area (Å²) in [6.45, 7) is 12.4. The quantitative estimate of drug-likeness (QED) is 0.187. The molecule has 200 valence electrons. The highest BCUT2D eigenvalue weighted by Crippen LogP contribution is 2.34. The Balaban J connectivity index is 1.63. The van der Waals surface area contributed by atoms with E-state index in [0.717, 1.165) is 31.7 Å². The number of hydrogen-bond donors (Lipinski definition) is 1. The zero-order valence-corrected chi connectivity index (χ0v) is 24.5. The number of aromatic nitrogens is 3. The first kappa shape index (κ1) is 27.5. The minimum Gasteiger partial charge on any atom is -0.365 e. The van der Waals surface area contributed by atoms with E-state index in [-0.39, 0.29) is 35.0 Å². The molecule has 1 saturated carbocycles. The van der Waals surface area contributed by atoms with Crippen molar-refractivity contribution in [1.29, 1.82) is 0 Å². The number of Topliss-reactive ketones (excluding diaryl/α,β-unsaturated/α-hetero) is 1. The van der Waals surface area contributed by atoms with Crippen LogP contribution in [0.4, 0.5) is 5.82 Å². The number of carbonyl (C=O) groups excluding carboxylic acids is 1. The van der Waals surface area contributed by atoms with Crippen molar-refractivity contribution in [2.75, 3.05) is 25.0 Å². The van der Waals surface area contributed by atoms with E-state index in [1.165, 1.54) is 0 Å². The molecule has 0 bridgehead atoms. The molecule has 0 amide bonds. The maximum Gasteiger partial charge on any atom is 0.226 e. The van der Waals surface area contributed by atoms with Gasteiger partial charge < -0.3 is 14.6 Å². The predicted octanol–water partition coefficient (Wildman–Crippen LogP) is 4.60. The lowest BCUT2D eigenvalue weighted by Crippen LogP contribution is -2.46. The third kappa shape index (κ3) is 6.29. The highest BCUT2D eigenvalue weighted by atomic mass is 35.5. The third-order valence-corrected chi connectivity index (χ3v) is 11.0. The summed E-state index contributed by atoms with van der Waals surface area (Å²) in [5.41, 5.74) is 1.05. The second kappa shape index (κ2) is 10.7. The van der Waals surface area contributed by atoms with Crippen LogP contribution in [0.1, 0.15) is 49.9 Å². The van der Waals surface area contributed by atoms with Gasteiger partial charge in [-0.05, 0) is 43.3 Å². The standard InChI is InChI=1S/C24H38ClN5O4SSi/c1-16(2)21(31)19-14-29(15-34-11-12-36(3,4)5)23-20(19)22(27-24(25)28-23)26-17-7-6-10-30(13-17)35(32,33)18-8-9-18/h14,16-18H,6-13,15H2,1-5H3,(H,26,27,28)/t17-/m1/s1. The Bertz CT molecular complexity index is 1220. The Morgan fingerprint density at radius 1 is 1.25 bits per heavy atom. The van der Waals surface area contributed by atoms with Crippen LogP contribution in [0.25, 0.3) is 11.0 Å². The van der Waals surface area contributed by atoms with Gasteiger partial charge in [-0.2, -0.15) is 9.29 Å². The van der Waals surface area contributed by atoms with E-state index >= 15 is 0 Å². The van der Waals surface area contributed by atoms with Gasteiger partial charge in [0.05, 0.1) is 10.6 Å². The maximum atomic E-state index is 13.2. The fourth-order valence-electron chi connectivity index (χ4n) is 4.46. The first-order valence-electron chi connectivity index (χ1n) is 12.8. The molecule has 12 heteroatoms. The topological polar surface area (TPSA) is 106 Å². The molecule has 1 aliphatic heterocycles. The van der Waals surface area contributed by atoms with E-state index in [1.807, 2.05) is 18.4 Å². The molecule has 4 rings (SSSR count). The number of piperidine rings is 1. The monoisotopic (exact) mass is 555 g/mol. The number of anilines is 1. The van der Waals surface area contributed by atoms with Crippen molar-refractivity contribution in [1.82, 2.24) is 18.8 Å². The summed E-state index contributed by atoms with van der Waals surface area (Å²) in [6, 6.07) is 0.897. The van der Waals surface area contributed by atoms with E-state index in [2.05, 4.69) is 34.9 Å². The van der Waals surface area contributed by atoms with Gasteiger partial charge in [-0.1, -0.05) is 33.5 Å². The van der Waals surface area contributed by atoms with Gasteiger partial charge in [-0.3, -0.25) is 4.79 Å². The zero-order valence-electron chi connectivity index (χ0n) is 21.9. The highest BCUT2D eigenvalue weighted by Gasteiger charge is 2.41. The summed E-state index contributed by atoms with van der Waals surface area (Å²) in [6.07, 6.45) is 4.83. The summed E-state index contributed by atoms with van der Waals surface area (Å²) in [5.74, 6) is 0.233. The predicted molar refractivity (Wildman–Crippen MR) is 146 cm³/mol. The van der Waals surface area contributed by atoms with Gasteiger partial charge in [0.2, 0.25) is 15.3 Å². The first-order valence-corrected chi connectivity index (χ1v) is 18.4. The summed E-state index contributed by atoms with van der Waals surface area (Å²) >= 11 is 6.34. The van der Waals surface area contributed by atoms with E-state index < -0.39 is 18.1 Å². The summed E-state index contributed by atoms with van der Waals surface area (Å²) in [7, 11) is -4.49. The Morgan fingerprint density at radius 3 is 2.61 bits per heavy atom. The van der Waals surface area contributed by atoms with Crippen LogP contribution in [-0.4, -0.2) is 72.1 Å². The SMILES string of the molecule is CC(C)C(=O)c1cn(COCC[Si](C)(C)C)c2nc(Cl)nc(N[C@@H]3CCCN(S(=O)(=O)C4CC4)C3)c12. The van der Waals surface area contributed by atoms with Gasteiger partial charge in [0.1, 0.15) is 18.2 Å². The summed E-state index contributed by atoms with van der Waals surface area (Å²) < 4.78 is 35.0. The van der Waals surface area contributed by atoms with E-state index in [0.29, 0.717) is 42.1 Å². The maximum absolute atomic E-state index is 13.2. The van der Waals surface area contributed by atoms with Crippen molar-refractivity contribution < 1.29 is 17.9 Å². The van der Waals surface area contributed by atoms with Crippen LogP contribution in [0.15, 0.2) is 6.20 Å². The number of fused-ring (bicyclic) bond motifs is 1. The van der Waals surface area contributed by atoms with Gasteiger partial charge in [-0.25, -0.2) is 13.4 Å². The van der Waals surface area contributed by atoms with Crippen molar-refractivity contribution in [3.8, 4) is 0 Å². The molecule has 2 aliphatic rings. The molecule has 0 aromatic carbocycles. The molecule has 1 saturated heterocycles. The van der Waals surface area contributed by atoms with Crippen LogP contribution in [0, 0.1) is 5.92 Å². The van der Waals surface area contributed by atoms with Crippen LogP contribution >= 0.6 is 11.6 Å². The Kier molecular flexibility index (Phi) is 8.16. The molecule has 2 fully saturated rings. The van der Waals surface area contributed by atoms with Gasteiger partial charge in [0, 0.05) is 51.5 Å². The third-order valence-electron chi connectivity index (χ3n) is 6.74. The number of rotatable bonds is 11. The molecule has 0 radical (unpaired) electrons. The van der Waals surface area contributed by atoms with Crippen LogP contribution in [0.5, 0.6) is 0 Å². The zero-order chi connectivity index (χ0) is 26.3. The number of ether oxygens (including phenoxy) is 1. The van der Waals surface area contributed by atoms with Crippen LogP contribution in [-0.2, 0) is 21.5 Å². The number of hydrogen-bond acceptors (Lipinski definition) is 7. The highest BCUT2D eigenvalue weighted by molar-refractivity contribution is 7.90. The van der Waals surface area contributed by atoms with Gasteiger partial charge >= 0.3 is 0 Å². The lowest BCUT2D eigenvalue weighted by molar-refractivity contribution is 0.0890. The largest absolute Gasteiger partial charge is 0.365 e. The van der Waals surface area contributed by atoms with Gasteiger partial charge in [-0.15, -0.1) is 0 Å². The van der Waals surface area contributed by atoms with Crippen molar-refractivity contribution in [2.45, 2.75) is 83.2 Å². The Hall–Kier alpha value is -1.53. The van der Waals surface area contributed by atoms with E-state index in [9.17, 15) is 13.2 Å². The minimum absolute atomic E-state index is 0.0172. The second-order valence-corrected chi connectivity index (χ2v) is 19.7. The summed E-state index contributed by atoms with van der Waals surface area (Å²) in [5, 5.41) is 3.85. The normalized spacial score (nSPS) is 19.8. The van der Waals surface area contributed by atoms with Crippen molar-refractivity contribution in [3.63, 3.8) is 0 Å². The molecular weight excluding hydrogens is 518 g/mol. The fourth-order valence-corrected chi connectivity index (χ4v) is 7.31. The molecule has 1 atom stereocenters. The first-order chi connectivity index (χ1) is 16.9. The number of halogens is 1. The molecule has 9 nitrogen and oxygen atoms in total. The Morgan fingerprint density at radius 2 is 1.97 bits per heavy atom. The average molecular weight is 556 g/mol. The molecule has 36 heavy (non-hydrogen) atoms. The molecule has 2 aromatic heterocycles. The lowest BCUT2D eigenvalue weighted by Gasteiger charge is -2.32. The molecule has 0 spiro atoms. The summed E-state index contributed by atoms with van der Waals surface area (Å²) in [4.78, 5) is 22.1. The van der Waals surface area contributed by atoms with Crippen LogP contribution in [0.3, 0.4) is 0 Å². The van der Waals surface area contributed by atoms with Crippen LogP contribution in [0.2, 0.25) is 31.0 Å². The van der Waals surface area contributed by atoms with Crippen molar-refractivity contribution >= 4 is 52.3 Å². The van der Waals surface area contributed by atoms with E-state index in [4.69, 9.17) is 16.3 Å². The molecular formula is C24H38ClN5O4SSi. The molecule has 1 N–H and O–H groups in total. The molecule has 1 aliphatic carbocycles. The number of ketones is 1.